The van der Waals surface area contributed by atoms with Crippen LogP contribution in [0.1, 0.15) is 18.9 Å². The fraction of sp³-hybridized carbons (Fsp3) is 0.316. The summed E-state index contributed by atoms with van der Waals surface area (Å²) in [6, 6.07) is 9.65. The van der Waals surface area contributed by atoms with Gasteiger partial charge >= 0.3 is 0 Å². The molecular formula is C19H20FN3O3. The molecule has 0 saturated carbocycles. The molecule has 1 aromatic carbocycles. The van der Waals surface area contributed by atoms with Gasteiger partial charge in [0.05, 0.1) is 18.2 Å². The molecule has 0 bridgehead atoms. The van der Waals surface area contributed by atoms with E-state index in [-0.39, 0.29) is 37.0 Å². The molecule has 3 rings (SSSR count). The van der Waals surface area contributed by atoms with Crippen molar-refractivity contribution in [2.75, 3.05) is 18.1 Å². The van der Waals surface area contributed by atoms with E-state index < -0.39 is 11.7 Å². The number of aromatic nitrogens is 1. The maximum atomic E-state index is 13.9. The van der Waals surface area contributed by atoms with Gasteiger partial charge in [-0.25, -0.2) is 9.37 Å². The number of pyridine rings is 1. The summed E-state index contributed by atoms with van der Waals surface area (Å²) >= 11 is 0. The Bertz CT molecular complexity index is 812. The molecule has 1 N–H and O–H groups in total. The number of ether oxygens (including phenoxy) is 1. The first-order valence-electron chi connectivity index (χ1n) is 8.49. The second kappa shape index (κ2) is 7.95. The van der Waals surface area contributed by atoms with E-state index in [0.29, 0.717) is 12.5 Å². The molecule has 1 aromatic heterocycles. The maximum Gasteiger partial charge on any atom is 0.227 e. The summed E-state index contributed by atoms with van der Waals surface area (Å²) < 4.78 is 19.3. The molecule has 1 fully saturated rings. The average Bonchev–Trinajstić information content (AvgIpc) is 3.03. The van der Waals surface area contributed by atoms with Crippen molar-refractivity contribution >= 4 is 17.5 Å². The lowest BCUT2D eigenvalue weighted by atomic mass is 10.1. The number of carbonyl (C=O) groups is 2. The first-order valence-corrected chi connectivity index (χ1v) is 8.49. The molecule has 0 spiro atoms. The van der Waals surface area contributed by atoms with Gasteiger partial charge in [-0.1, -0.05) is 18.2 Å². The minimum absolute atomic E-state index is 0.0610. The normalized spacial score (nSPS) is 16.6. The van der Waals surface area contributed by atoms with E-state index in [1.165, 1.54) is 17.0 Å². The average molecular weight is 357 g/mol. The largest absolute Gasteiger partial charge is 0.478 e. The number of hydrogen-bond donors (Lipinski definition) is 1. The molecule has 136 valence electrons. The zero-order chi connectivity index (χ0) is 18.5. The molecule has 0 aliphatic carbocycles. The Balaban J connectivity index is 1.63. The third-order valence-electron chi connectivity index (χ3n) is 4.22. The number of hydrogen-bond acceptors (Lipinski definition) is 4. The van der Waals surface area contributed by atoms with Gasteiger partial charge in [0.15, 0.2) is 0 Å². The first kappa shape index (κ1) is 17.8. The van der Waals surface area contributed by atoms with Crippen LogP contribution < -0.4 is 15.0 Å². The van der Waals surface area contributed by atoms with Gasteiger partial charge < -0.3 is 15.0 Å². The summed E-state index contributed by atoms with van der Waals surface area (Å²) in [4.78, 5) is 30.1. The SMILES string of the molecule is CCOc1ncccc1CNC(=O)[C@H]1CC(=O)N(c2ccccc2F)C1. The van der Waals surface area contributed by atoms with Crippen LogP contribution in [0.3, 0.4) is 0 Å². The predicted octanol–water partition coefficient (Wildman–Crippen LogP) is 2.29. The lowest BCUT2D eigenvalue weighted by molar-refractivity contribution is -0.126. The van der Waals surface area contributed by atoms with E-state index in [0.717, 1.165) is 5.56 Å². The molecule has 1 aliphatic heterocycles. The molecule has 1 atom stereocenters. The van der Waals surface area contributed by atoms with Crippen molar-refractivity contribution in [1.29, 1.82) is 0 Å². The van der Waals surface area contributed by atoms with E-state index in [1.807, 2.05) is 13.0 Å². The Kier molecular flexibility index (Phi) is 5.46. The summed E-state index contributed by atoms with van der Waals surface area (Å²) in [5.74, 6) is -1.02. The Morgan fingerprint density at radius 1 is 1.35 bits per heavy atom. The lowest BCUT2D eigenvalue weighted by Gasteiger charge is -2.17. The van der Waals surface area contributed by atoms with Crippen molar-refractivity contribution in [3.05, 3.63) is 54.0 Å². The van der Waals surface area contributed by atoms with Gasteiger partial charge in [-0.2, -0.15) is 0 Å². The van der Waals surface area contributed by atoms with Crippen molar-refractivity contribution in [2.24, 2.45) is 5.92 Å². The standard InChI is InChI=1S/C19H20FN3O3/c1-2-26-19-13(6-5-9-21-19)11-22-18(25)14-10-17(24)23(12-14)16-8-4-3-7-15(16)20/h3-9,14H,2,10-12H2,1H3,(H,22,25)/t14-/m0/s1. The molecule has 0 radical (unpaired) electrons. The van der Waals surface area contributed by atoms with Crippen LogP contribution in [0.15, 0.2) is 42.6 Å². The van der Waals surface area contributed by atoms with Gasteiger partial charge in [0, 0.05) is 31.3 Å². The highest BCUT2D eigenvalue weighted by molar-refractivity contribution is 6.00. The van der Waals surface area contributed by atoms with Crippen LogP contribution in [0, 0.1) is 11.7 Å². The van der Waals surface area contributed by atoms with Crippen LogP contribution in [-0.2, 0) is 16.1 Å². The number of nitrogens with one attached hydrogen (secondary N) is 1. The number of halogens is 1. The number of para-hydroxylation sites is 1. The second-order valence-corrected chi connectivity index (χ2v) is 5.98. The summed E-state index contributed by atoms with van der Waals surface area (Å²) in [6.45, 7) is 2.76. The Morgan fingerprint density at radius 2 is 2.15 bits per heavy atom. The smallest absolute Gasteiger partial charge is 0.227 e. The zero-order valence-corrected chi connectivity index (χ0v) is 14.4. The van der Waals surface area contributed by atoms with Crippen LogP contribution in [0.5, 0.6) is 5.88 Å². The third-order valence-corrected chi connectivity index (χ3v) is 4.22. The van der Waals surface area contributed by atoms with Gasteiger partial charge in [0.25, 0.3) is 0 Å². The zero-order valence-electron chi connectivity index (χ0n) is 14.4. The fourth-order valence-electron chi connectivity index (χ4n) is 2.94. The highest BCUT2D eigenvalue weighted by atomic mass is 19.1. The van der Waals surface area contributed by atoms with E-state index in [4.69, 9.17) is 4.74 Å². The Morgan fingerprint density at radius 3 is 2.92 bits per heavy atom. The molecule has 2 heterocycles. The number of benzene rings is 1. The van der Waals surface area contributed by atoms with Crippen LogP contribution in [0.25, 0.3) is 0 Å². The minimum atomic E-state index is -0.519. The molecule has 2 amide bonds. The number of nitrogens with zero attached hydrogens (tertiary/aromatic N) is 2. The second-order valence-electron chi connectivity index (χ2n) is 5.98. The van der Waals surface area contributed by atoms with Gasteiger partial charge in [0.1, 0.15) is 5.82 Å². The van der Waals surface area contributed by atoms with Crippen LogP contribution in [0.2, 0.25) is 0 Å². The summed E-state index contributed by atoms with van der Waals surface area (Å²) in [5, 5.41) is 2.82. The molecule has 26 heavy (non-hydrogen) atoms. The Hall–Kier alpha value is -2.96. The van der Waals surface area contributed by atoms with Crippen LogP contribution in [-0.4, -0.2) is 29.9 Å². The van der Waals surface area contributed by atoms with Gasteiger partial charge in [0.2, 0.25) is 17.7 Å². The third kappa shape index (κ3) is 3.82. The minimum Gasteiger partial charge on any atom is -0.478 e. The first-order chi connectivity index (χ1) is 12.6. The van der Waals surface area contributed by atoms with Crippen molar-refractivity contribution in [2.45, 2.75) is 19.9 Å². The van der Waals surface area contributed by atoms with Crippen molar-refractivity contribution in [3.63, 3.8) is 0 Å². The van der Waals surface area contributed by atoms with Crippen molar-refractivity contribution < 1.29 is 18.7 Å². The molecule has 1 saturated heterocycles. The number of carbonyl (C=O) groups excluding carboxylic acids is 2. The molecule has 7 heteroatoms. The quantitative estimate of drug-likeness (QED) is 0.861. The topological polar surface area (TPSA) is 71.5 Å². The van der Waals surface area contributed by atoms with E-state index in [1.54, 1.807) is 24.4 Å². The predicted molar refractivity (Wildman–Crippen MR) is 94.1 cm³/mol. The fourth-order valence-corrected chi connectivity index (χ4v) is 2.94. The Labute approximate surface area is 151 Å². The molecule has 1 aliphatic rings. The highest BCUT2D eigenvalue weighted by Gasteiger charge is 2.36. The lowest BCUT2D eigenvalue weighted by Crippen LogP contribution is -2.33. The molecule has 6 nitrogen and oxygen atoms in total. The molecule has 0 unspecified atom stereocenters. The van der Waals surface area contributed by atoms with Crippen LogP contribution >= 0.6 is 0 Å². The monoisotopic (exact) mass is 357 g/mol. The maximum absolute atomic E-state index is 13.9. The number of anilines is 1. The molecule has 2 aromatic rings. The summed E-state index contributed by atoms with van der Waals surface area (Å²) in [7, 11) is 0. The van der Waals surface area contributed by atoms with Crippen LogP contribution in [0.4, 0.5) is 10.1 Å². The van der Waals surface area contributed by atoms with Crippen molar-refractivity contribution in [1.82, 2.24) is 10.3 Å². The van der Waals surface area contributed by atoms with Gasteiger partial charge in [-0.3, -0.25) is 9.59 Å². The summed E-state index contributed by atoms with van der Waals surface area (Å²) in [6.07, 6.45) is 1.68. The van der Waals surface area contributed by atoms with Gasteiger partial charge in [-0.15, -0.1) is 0 Å². The molecular weight excluding hydrogens is 337 g/mol. The number of rotatable bonds is 6. The van der Waals surface area contributed by atoms with Crippen molar-refractivity contribution in [3.8, 4) is 5.88 Å². The van der Waals surface area contributed by atoms with E-state index >= 15 is 0 Å². The van der Waals surface area contributed by atoms with E-state index in [2.05, 4.69) is 10.3 Å². The van der Waals surface area contributed by atoms with E-state index in [9.17, 15) is 14.0 Å². The highest BCUT2D eigenvalue weighted by Crippen LogP contribution is 2.27. The summed E-state index contributed by atoms with van der Waals surface area (Å²) in [5.41, 5.74) is 0.969. The van der Waals surface area contributed by atoms with Gasteiger partial charge in [-0.05, 0) is 25.1 Å². The number of amides is 2.